The summed E-state index contributed by atoms with van der Waals surface area (Å²) in [6.07, 6.45) is 0.534. The van der Waals surface area contributed by atoms with Crippen molar-refractivity contribution in [3.63, 3.8) is 0 Å². The van der Waals surface area contributed by atoms with E-state index in [1.165, 1.54) is 0 Å². The summed E-state index contributed by atoms with van der Waals surface area (Å²) in [5.41, 5.74) is 6.85. The van der Waals surface area contributed by atoms with Crippen molar-refractivity contribution in [2.45, 2.75) is 13.3 Å². The first kappa shape index (κ1) is 19.7. The summed E-state index contributed by atoms with van der Waals surface area (Å²) in [6.45, 7) is 2.66. The van der Waals surface area contributed by atoms with Crippen molar-refractivity contribution >= 4 is 27.3 Å². The molecule has 0 radical (unpaired) electrons. The summed E-state index contributed by atoms with van der Waals surface area (Å²) >= 11 is 0. The minimum Gasteiger partial charge on any atom is -0.492 e. The van der Waals surface area contributed by atoms with Gasteiger partial charge in [-0.2, -0.15) is 0 Å². The first-order chi connectivity index (χ1) is 12.4. The lowest BCUT2D eigenvalue weighted by Crippen LogP contribution is -2.16. The number of nitrogens with one attached hydrogen (secondary N) is 2. The molecule has 1 amide bonds. The van der Waals surface area contributed by atoms with Gasteiger partial charge in [0.1, 0.15) is 12.4 Å². The summed E-state index contributed by atoms with van der Waals surface area (Å²) in [7, 11) is -3.35. The van der Waals surface area contributed by atoms with Gasteiger partial charge in [0.05, 0.1) is 5.75 Å². The van der Waals surface area contributed by atoms with Gasteiger partial charge in [-0.1, -0.05) is 6.92 Å². The lowest BCUT2D eigenvalue weighted by Gasteiger charge is -2.09. The number of amides is 1. The van der Waals surface area contributed by atoms with E-state index in [4.69, 9.17) is 10.5 Å². The van der Waals surface area contributed by atoms with Crippen LogP contribution in [0.3, 0.4) is 0 Å². The standard InChI is InChI=1S/C18H23N3O4S/c1-2-13-26(23,24)21-16-5-3-14(4-6-16)18(22)20-15-7-9-17(10-8-15)25-12-11-19/h3-10,21H,2,11-13,19H2,1H3,(H,20,22). The Morgan fingerprint density at radius 2 is 1.65 bits per heavy atom. The van der Waals surface area contributed by atoms with E-state index in [1.807, 2.05) is 0 Å². The maximum atomic E-state index is 12.3. The summed E-state index contributed by atoms with van der Waals surface area (Å²) in [4.78, 5) is 12.3. The van der Waals surface area contributed by atoms with E-state index in [2.05, 4.69) is 10.0 Å². The van der Waals surface area contributed by atoms with E-state index in [-0.39, 0.29) is 11.7 Å². The maximum absolute atomic E-state index is 12.3. The highest BCUT2D eigenvalue weighted by Gasteiger charge is 2.10. The molecule has 0 aliphatic heterocycles. The molecule has 0 fully saturated rings. The van der Waals surface area contributed by atoms with Gasteiger partial charge in [-0.05, 0) is 55.0 Å². The average molecular weight is 377 g/mol. The Balaban J connectivity index is 1.97. The van der Waals surface area contributed by atoms with Crippen molar-refractivity contribution in [1.82, 2.24) is 0 Å². The first-order valence-corrected chi connectivity index (χ1v) is 9.93. The van der Waals surface area contributed by atoms with Gasteiger partial charge in [0.15, 0.2) is 0 Å². The Kier molecular flexibility index (Phi) is 6.99. The fourth-order valence-electron chi connectivity index (χ4n) is 2.20. The third kappa shape index (κ3) is 6.05. The van der Waals surface area contributed by atoms with Crippen LogP contribution >= 0.6 is 0 Å². The molecule has 2 aromatic rings. The number of rotatable bonds is 9. The molecule has 8 heteroatoms. The van der Waals surface area contributed by atoms with Gasteiger partial charge in [0.25, 0.3) is 5.91 Å². The number of benzene rings is 2. The summed E-state index contributed by atoms with van der Waals surface area (Å²) in [5.74, 6) is 0.445. The molecule has 0 atom stereocenters. The second-order valence-electron chi connectivity index (χ2n) is 5.61. The molecule has 4 N–H and O–H groups in total. The average Bonchev–Trinajstić information content (AvgIpc) is 2.61. The van der Waals surface area contributed by atoms with Crippen LogP contribution in [0.2, 0.25) is 0 Å². The summed E-state index contributed by atoms with van der Waals surface area (Å²) in [6, 6.07) is 13.2. The van der Waals surface area contributed by atoms with Gasteiger partial charge in [0.2, 0.25) is 10.0 Å². The third-order valence-electron chi connectivity index (χ3n) is 3.39. The molecule has 7 nitrogen and oxygen atoms in total. The Hall–Kier alpha value is -2.58. The number of carbonyl (C=O) groups excluding carboxylic acids is 1. The number of sulfonamides is 1. The number of nitrogens with two attached hydrogens (primary N) is 1. The fourth-order valence-corrected chi connectivity index (χ4v) is 3.34. The second-order valence-corrected chi connectivity index (χ2v) is 7.46. The van der Waals surface area contributed by atoms with E-state index in [0.717, 1.165) is 0 Å². The van der Waals surface area contributed by atoms with Crippen molar-refractivity contribution in [2.75, 3.05) is 28.9 Å². The zero-order valence-electron chi connectivity index (χ0n) is 14.6. The molecule has 0 unspecified atom stereocenters. The van der Waals surface area contributed by atoms with Gasteiger partial charge in [-0.3, -0.25) is 9.52 Å². The van der Waals surface area contributed by atoms with Crippen LogP contribution in [0.25, 0.3) is 0 Å². The normalized spacial score (nSPS) is 11.0. The van der Waals surface area contributed by atoms with Crippen LogP contribution in [0.1, 0.15) is 23.7 Å². The van der Waals surface area contributed by atoms with E-state index in [0.29, 0.717) is 42.3 Å². The highest BCUT2D eigenvalue weighted by molar-refractivity contribution is 7.92. The number of ether oxygens (including phenoxy) is 1. The van der Waals surface area contributed by atoms with Crippen LogP contribution in [-0.2, 0) is 10.0 Å². The third-order valence-corrected chi connectivity index (χ3v) is 4.88. The SMILES string of the molecule is CCCS(=O)(=O)Nc1ccc(C(=O)Nc2ccc(OCCN)cc2)cc1. The monoisotopic (exact) mass is 377 g/mol. The molecule has 26 heavy (non-hydrogen) atoms. The van der Waals surface area contributed by atoms with Gasteiger partial charge in [0, 0.05) is 23.5 Å². The van der Waals surface area contributed by atoms with Gasteiger partial charge < -0.3 is 15.8 Å². The molecule has 0 bridgehead atoms. The first-order valence-electron chi connectivity index (χ1n) is 8.28. The quantitative estimate of drug-likeness (QED) is 0.622. The molecule has 2 aromatic carbocycles. The molecule has 0 aromatic heterocycles. The molecule has 0 aliphatic rings. The summed E-state index contributed by atoms with van der Waals surface area (Å²) < 4.78 is 31.3. The molecule has 2 rings (SSSR count). The predicted octanol–water partition coefficient (Wildman–Crippen LogP) is 2.43. The molecular weight excluding hydrogens is 354 g/mol. The highest BCUT2D eigenvalue weighted by atomic mass is 32.2. The molecule has 0 spiro atoms. The second kappa shape index (κ2) is 9.21. The lowest BCUT2D eigenvalue weighted by molar-refractivity contribution is 0.102. The highest BCUT2D eigenvalue weighted by Crippen LogP contribution is 2.17. The Labute approximate surface area is 153 Å². The van der Waals surface area contributed by atoms with Crippen molar-refractivity contribution in [1.29, 1.82) is 0 Å². The summed E-state index contributed by atoms with van der Waals surface area (Å²) in [5, 5.41) is 2.77. The largest absolute Gasteiger partial charge is 0.492 e. The smallest absolute Gasteiger partial charge is 0.255 e. The molecule has 0 heterocycles. The molecule has 0 saturated carbocycles. The van der Waals surface area contributed by atoms with Crippen LogP contribution in [0.4, 0.5) is 11.4 Å². The van der Waals surface area contributed by atoms with Crippen molar-refractivity contribution in [3.05, 3.63) is 54.1 Å². The number of hydrogen-bond donors (Lipinski definition) is 3. The van der Waals surface area contributed by atoms with Crippen molar-refractivity contribution < 1.29 is 17.9 Å². The van der Waals surface area contributed by atoms with Crippen LogP contribution in [0, 0.1) is 0 Å². The maximum Gasteiger partial charge on any atom is 0.255 e. The lowest BCUT2D eigenvalue weighted by atomic mass is 10.2. The number of carbonyl (C=O) groups is 1. The van der Waals surface area contributed by atoms with E-state index < -0.39 is 10.0 Å². The van der Waals surface area contributed by atoms with E-state index in [1.54, 1.807) is 55.5 Å². The molecule has 140 valence electrons. The minimum atomic E-state index is -3.35. The number of anilines is 2. The number of hydrogen-bond acceptors (Lipinski definition) is 5. The molecular formula is C18H23N3O4S. The molecule has 0 saturated heterocycles. The van der Waals surface area contributed by atoms with Gasteiger partial charge in [-0.15, -0.1) is 0 Å². The van der Waals surface area contributed by atoms with Gasteiger partial charge >= 0.3 is 0 Å². The Morgan fingerprint density at radius 1 is 1.04 bits per heavy atom. The van der Waals surface area contributed by atoms with Crippen LogP contribution in [0.15, 0.2) is 48.5 Å². The minimum absolute atomic E-state index is 0.0558. The van der Waals surface area contributed by atoms with Crippen molar-refractivity contribution in [2.24, 2.45) is 5.73 Å². The van der Waals surface area contributed by atoms with Crippen LogP contribution < -0.4 is 20.5 Å². The Bertz CT molecular complexity index is 819. The topological polar surface area (TPSA) is 111 Å². The zero-order valence-corrected chi connectivity index (χ0v) is 15.4. The zero-order chi connectivity index (χ0) is 19.0. The van der Waals surface area contributed by atoms with E-state index >= 15 is 0 Å². The van der Waals surface area contributed by atoms with E-state index in [9.17, 15) is 13.2 Å². The molecule has 0 aliphatic carbocycles. The van der Waals surface area contributed by atoms with Crippen LogP contribution in [0.5, 0.6) is 5.75 Å². The van der Waals surface area contributed by atoms with Crippen LogP contribution in [-0.4, -0.2) is 33.2 Å². The van der Waals surface area contributed by atoms with Gasteiger partial charge in [-0.25, -0.2) is 8.42 Å². The Morgan fingerprint density at radius 3 is 2.23 bits per heavy atom. The predicted molar refractivity (Wildman–Crippen MR) is 103 cm³/mol. The fraction of sp³-hybridized carbons (Fsp3) is 0.278. The van der Waals surface area contributed by atoms with Crippen molar-refractivity contribution in [3.8, 4) is 5.75 Å².